The minimum atomic E-state index is -0.325. The van der Waals surface area contributed by atoms with Crippen molar-refractivity contribution >= 4 is 35.0 Å². The van der Waals surface area contributed by atoms with Crippen molar-refractivity contribution in [1.82, 2.24) is 19.7 Å². The number of hydrogen-bond acceptors (Lipinski definition) is 5. The van der Waals surface area contributed by atoms with E-state index < -0.39 is 0 Å². The summed E-state index contributed by atoms with van der Waals surface area (Å²) in [6, 6.07) is 17.4. The molecule has 4 rings (SSSR count). The van der Waals surface area contributed by atoms with Gasteiger partial charge in [0.05, 0.1) is 18.3 Å². The van der Waals surface area contributed by atoms with Gasteiger partial charge in [0.25, 0.3) is 0 Å². The maximum atomic E-state index is 12.7. The van der Waals surface area contributed by atoms with E-state index >= 15 is 0 Å². The van der Waals surface area contributed by atoms with Crippen molar-refractivity contribution in [2.24, 2.45) is 0 Å². The number of carbonyl (C=O) groups excluding carboxylic acids is 1. The zero-order valence-electron chi connectivity index (χ0n) is 17.5. The highest BCUT2D eigenvalue weighted by Gasteiger charge is 2.22. The number of hydrogen-bond donors (Lipinski definition) is 1. The number of aromatic nitrogens is 3. The second kappa shape index (κ2) is 10.3. The summed E-state index contributed by atoms with van der Waals surface area (Å²) in [5, 5.41) is 12.9. The van der Waals surface area contributed by atoms with Crippen LogP contribution in [-0.2, 0) is 17.9 Å². The first-order valence-electron chi connectivity index (χ1n) is 10.5. The van der Waals surface area contributed by atoms with Crippen LogP contribution in [0.4, 0.5) is 5.69 Å². The number of thioether (sulfide) groups is 1. The molecule has 1 N–H and O–H groups in total. The van der Waals surface area contributed by atoms with Crippen LogP contribution < -0.4 is 5.32 Å². The number of likely N-dealkylation sites (tertiary alicyclic amines) is 1. The largest absolute Gasteiger partial charge is 0.325 e. The predicted octanol–water partition coefficient (Wildman–Crippen LogP) is 4.69. The van der Waals surface area contributed by atoms with Crippen LogP contribution in [-0.4, -0.2) is 43.9 Å². The number of nitrogens with zero attached hydrogens (tertiary/aromatic N) is 4. The molecule has 3 aromatic rings. The molecule has 1 aromatic heterocycles. The van der Waals surface area contributed by atoms with Crippen LogP contribution >= 0.6 is 23.4 Å². The molecular formula is C23H26ClN5OS. The summed E-state index contributed by atoms with van der Waals surface area (Å²) in [7, 11) is 0. The molecule has 0 spiro atoms. The van der Waals surface area contributed by atoms with Gasteiger partial charge >= 0.3 is 0 Å². The van der Waals surface area contributed by atoms with Gasteiger partial charge in [0, 0.05) is 10.7 Å². The van der Waals surface area contributed by atoms with E-state index in [2.05, 4.69) is 37.1 Å². The second-order valence-corrected chi connectivity index (χ2v) is 9.45. The van der Waals surface area contributed by atoms with Crippen LogP contribution in [0.3, 0.4) is 0 Å². The SMILES string of the molecule is CC(Sc1nnc(CN2CCCC2)n1Cc1ccccc1)C(=O)Nc1ccc(Cl)cc1. The summed E-state index contributed by atoms with van der Waals surface area (Å²) >= 11 is 7.36. The highest BCUT2D eigenvalue weighted by atomic mass is 35.5. The van der Waals surface area contributed by atoms with Crippen molar-refractivity contribution in [3.8, 4) is 0 Å². The molecule has 1 fully saturated rings. The lowest BCUT2D eigenvalue weighted by Crippen LogP contribution is -2.24. The maximum absolute atomic E-state index is 12.7. The van der Waals surface area contributed by atoms with Gasteiger partial charge in [-0.1, -0.05) is 53.7 Å². The third-order valence-electron chi connectivity index (χ3n) is 5.30. The first kappa shape index (κ1) is 21.9. The van der Waals surface area contributed by atoms with Crippen molar-refractivity contribution in [2.75, 3.05) is 18.4 Å². The van der Waals surface area contributed by atoms with E-state index in [1.54, 1.807) is 24.3 Å². The Morgan fingerprint density at radius 1 is 1.06 bits per heavy atom. The Bertz CT molecular complexity index is 1000. The summed E-state index contributed by atoms with van der Waals surface area (Å²) in [5.74, 6) is 0.862. The molecule has 6 nitrogen and oxygen atoms in total. The third-order valence-corrected chi connectivity index (χ3v) is 6.64. The minimum absolute atomic E-state index is 0.0809. The lowest BCUT2D eigenvalue weighted by molar-refractivity contribution is -0.115. The molecule has 31 heavy (non-hydrogen) atoms. The molecule has 1 amide bonds. The lowest BCUT2D eigenvalue weighted by atomic mass is 10.2. The number of amides is 1. The number of carbonyl (C=O) groups is 1. The predicted molar refractivity (Wildman–Crippen MR) is 125 cm³/mol. The molecule has 162 valence electrons. The fraction of sp³-hybridized carbons (Fsp3) is 0.348. The van der Waals surface area contributed by atoms with E-state index in [1.165, 1.54) is 30.2 Å². The molecule has 1 aliphatic heterocycles. The van der Waals surface area contributed by atoms with E-state index in [0.717, 1.165) is 36.3 Å². The molecule has 8 heteroatoms. The van der Waals surface area contributed by atoms with Crippen molar-refractivity contribution in [1.29, 1.82) is 0 Å². The zero-order valence-corrected chi connectivity index (χ0v) is 19.1. The van der Waals surface area contributed by atoms with Crippen LogP contribution in [0, 0.1) is 0 Å². The smallest absolute Gasteiger partial charge is 0.237 e. The molecule has 0 bridgehead atoms. The first-order chi connectivity index (χ1) is 15.1. The average molecular weight is 456 g/mol. The van der Waals surface area contributed by atoms with Crippen molar-refractivity contribution in [3.63, 3.8) is 0 Å². The van der Waals surface area contributed by atoms with Gasteiger partial charge in [-0.05, 0) is 62.7 Å². The quantitative estimate of drug-likeness (QED) is 0.499. The molecule has 1 unspecified atom stereocenters. The molecule has 0 saturated carbocycles. The van der Waals surface area contributed by atoms with E-state index in [1.807, 2.05) is 25.1 Å². The van der Waals surface area contributed by atoms with Gasteiger partial charge in [-0.3, -0.25) is 9.69 Å². The monoisotopic (exact) mass is 455 g/mol. The molecule has 0 aliphatic carbocycles. The van der Waals surface area contributed by atoms with Crippen LogP contribution in [0.2, 0.25) is 5.02 Å². The summed E-state index contributed by atoms with van der Waals surface area (Å²) in [6.07, 6.45) is 2.46. The Balaban J connectivity index is 1.49. The fourth-order valence-corrected chi connectivity index (χ4v) is 4.57. The van der Waals surface area contributed by atoms with E-state index in [9.17, 15) is 4.79 Å². The molecular weight excluding hydrogens is 430 g/mol. The summed E-state index contributed by atoms with van der Waals surface area (Å²) in [4.78, 5) is 15.1. The van der Waals surface area contributed by atoms with Crippen LogP contribution in [0.1, 0.15) is 31.2 Å². The lowest BCUT2D eigenvalue weighted by Gasteiger charge is -2.17. The number of nitrogens with one attached hydrogen (secondary N) is 1. The average Bonchev–Trinajstić information content (AvgIpc) is 3.42. The maximum Gasteiger partial charge on any atom is 0.237 e. The van der Waals surface area contributed by atoms with Crippen LogP contribution in [0.15, 0.2) is 59.8 Å². The number of halogens is 1. The van der Waals surface area contributed by atoms with Crippen LogP contribution in [0.25, 0.3) is 0 Å². The Kier molecular flexibility index (Phi) is 7.27. The molecule has 1 atom stereocenters. The van der Waals surface area contributed by atoms with E-state index in [-0.39, 0.29) is 11.2 Å². The number of rotatable bonds is 8. The topological polar surface area (TPSA) is 63.1 Å². The van der Waals surface area contributed by atoms with Gasteiger partial charge in [-0.2, -0.15) is 0 Å². The van der Waals surface area contributed by atoms with Crippen molar-refractivity contribution < 1.29 is 4.79 Å². The second-order valence-electron chi connectivity index (χ2n) is 7.71. The number of benzene rings is 2. The van der Waals surface area contributed by atoms with Gasteiger partial charge in [0.15, 0.2) is 5.16 Å². The van der Waals surface area contributed by atoms with E-state index in [0.29, 0.717) is 11.6 Å². The van der Waals surface area contributed by atoms with E-state index in [4.69, 9.17) is 11.6 Å². The Hall–Kier alpha value is -2.35. The standard InChI is InChI=1S/C23H26ClN5OS/c1-17(22(30)25-20-11-9-19(24)10-12-20)31-23-27-26-21(16-28-13-5-6-14-28)29(23)15-18-7-3-2-4-8-18/h2-4,7-12,17H,5-6,13-16H2,1H3,(H,25,30). The Morgan fingerprint density at radius 2 is 1.77 bits per heavy atom. The highest BCUT2D eigenvalue weighted by Crippen LogP contribution is 2.26. The Morgan fingerprint density at radius 3 is 2.48 bits per heavy atom. The van der Waals surface area contributed by atoms with Gasteiger partial charge in [-0.25, -0.2) is 0 Å². The normalized spacial score (nSPS) is 15.2. The summed E-state index contributed by atoms with van der Waals surface area (Å²) < 4.78 is 2.14. The Labute approximate surface area is 192 Å². The van der Waals surface area contributed by atoms with Crippen molar-refractivity contribution in [3.05, 3.63) is 71.0 Å². The molecule has 0 radical (unpaired) electrons. The molecule has 2 aromatic carbocycles. The molecule has 2 heterocycles. The van der Waals surface area contributed by atoms with Gasteiger partial charge in [0.1, 0.15) is 5.82 Å². The third kappa shape index (κ3) is 5.87. The fourth-order valence-electron chi connectivity index (χ4n) is 3.58. The zero-order chi connectivity index (χ0) is 21.6. The number of anilines is 1. The minimum Gasteiger partial charge on any atom is -0.325 e. The summed E-state index contributed by atoms with van der Waals surface area (Å²) in [6.45, 7) is 5.55. The summed E-state index contributed by atoms with van der Waals surface area (Å²) in [5.41, 5.74) is 1.91. The highest BCUT2D eigenvalue weighted by molar-refractivity contribution is 8.00. The first-order valence-corrected chi connectivity index (χ1v) is 11.8. The molecule has 1 aliphatic rings. The molecule has 1 saturated heterocycles. The van der Waals surface area contributed by atoms with Gasteiger partial charge in [-0.15, -0.1) is 10.2 Å². The van der Waals surface area contributed by atoms with Gasteiger partial charge in [0.2, 0.25) is 5.91 Å². The van der Waals surface area contributed by atoms with Crippen LogP contribution in [0.5, 0.6) is 0 Å². The van der Waals surface area contributed by atoms with Gasteiger partial charge < -0.3 is 9.88 Å². The van der Waals surface area contributed by atoms with Crippen molar-refractivity contribution in [2.45, 2.75) is 43.3 Å².